The van der Waals surface area contributed by atoms with Crippen LogP contribution in [0.15, 0.2) is 48.0 Å². The molecule has 0 bridgehead atoms. The summed E-state index contributed by atoms with van der Waals surface area (Å²) in [6.45, 7) is 3.16. The predicted octanol–water partition coefficient (Wildman–Crippen LogP) is 2.51. The number of hydrogen-bond acceptors (Lipinski definition) is 4. The van der Waals surface area contributed by atoms with Crippen molar-refractivity contribution in [3.63, 3.8) is 0 Å². The van der Waals surface area contributed by atoms with Gasteiger partial charge >= 0.3 is 5.97 Å². The summed E-state index contributed by atoms with van der Waals surface area (Å²) in [7, 11) is 3.25. The van der Waals surface area contributed by atoms with E-state index in [1.165, 1.54) is 18.2 Å². The number of nitrogens with one attached hydrogen (secondary N) is 1. The van der Waals surface area contributed by atoms with Gasteiger partial charge in [-0.25, -0.2) is 4.98 Å². The molecule has 1 aliphatic heterocycles. The molecule has 0 spiro atoms. The number of ether oxygens (including phenoxy) is 1. The Morgan fingerprint density at radius 2 is 1.93 bits per heavy atom. The monoisotopic (exact) mass is 497 g/mol. The highest BCUT2D eigenvalue weighted by Gasteiger charge is 2.26. The van der Waals surface area contributed by atoms with Crippen molar-refractivity contribution < 1.29 is 9.53 Å². The maximum atomic E-state index is 11.7. The Balaban J connectivity index is 0.00000280. The van der Waals surface area contributed by atoms with Crippen LogP contribution >= 0.6 is 24.0 Å². The van der Waals surface area contributed by atoms with Gasteiger partial charge in [0.2, 0.25) is 0 Å². The highest BCUT2D eigenvalue weighted by Crippen LogP contribution is 2.18. The standard InChI is InChI=1S/C20H27N5O2.HI/c1-21-20(25-10-7-18(8-11-25)19(26)27-2)23-13-16-3-5-17(6-4-16)14-24-12-9-22-15-24;/h3-6,9,12,15,18H,7-8,10-11,13-14H2,1-2H3,(H,21,23);1H. The molecule has 1 aromatic heterocycles. The third-order valence-corrected chi connectivity index (χ3v) is 4.94. The molecule has 2 aromatic rings. The molecule has 7 nitrogen and oxygen atoms in total. The summed E-state index contributed by atoms with van der Waals surface area (Å²) in [6.07, 6.45) is 7.18. The number of methoxy groups -OCH3 is 1. The number of halogens is 1. The summed E-state index contributed by atoms with van der Waals surface area (Å²) >= 11 is 0. The Kier molecular flexibility index (Phi) is 8.75. The first-order chi connectivity index (χ1) is 13.2. The number of carbonyl (C=O) groups excluding carboxylic acids is 1. The van der Waals surface area contributed by atoms with Gasteiger partial charge in [0, 0.05) is 45.6 Å². The summed E-state index contributed by atoms with van der Waals surface area (Å²) in [6, 6.07) is 8.55. The van der Waals surface area contributed by atoms with Gasteiger partial charge in [-0.3, -0.25) is 9.79 Å². The third kappa shape index (κ3) is 5.95. The topological polar surface area (TPSA) is 71.8 Å². The van der Waals surface area contributed by atoms with Crippen molar-refractivity contribution >= 4 is 35.9 Å². The molecule has 2 heterocycles. The van der Waals surface area contributed by atoms with Gasteiger partial charge in [-0.15, -0.1) is 24.0 Å². The number of guanidine groups is 1. The lowest BCUT2D eigenvalue weighted by atomic mass is 9.97. The van der Waals surface area contributed by atoms with Crippen LogP contribution in [0.4, 0.5) is 0 Å². The first-order valence-electron chi connectivity index (χ1n) is 9.26. The van der Waals surface area contributed by atoms with Gasteiger partial charge in [0.1, 0.15) is 0 Å². The number of rotatable bonds is 5. The summed E-state index contributed by atoms with van der Waals surface area (Å²) in [5.41, 5.74) is 2.45. The zero-order valence-electron chi connectivity index (χ0n) is 16.4. The van der Waals surface area contributed by atoms with Gasteiger partial charge < -0.3 is 19.5 Å². The summed E-state index contributed by atoms with van der Waals surface area (Å²) in [4.78, 5) is 22.3. The second-order valence-corrected chi connectivity index (χ2v) is 6.74. The van der Waals surface area contributed by atoms with Crippen LogP contribution in [-0.2, 0) is 22.6 Å². The van der Waals surface area contributed by atoms with E-state index in [0.717, 1.165) is 45.0 Å². The summed E-state index contributed by atoms with van der Waals surface area (Å²) < 4.78 is 6.90. The average Bonchev–Trinajstić information content (AvgIpc) is 3.22. The lowest BCUT2D eigenvalue weighted by molar-refractivity contribution is -0.146. The van der Waals surface area contributed by atoms with Crippen molar-refractivity contribution in [1.29, 1.82) is 0 Å². The van der Waals surface area contributed by atoms with E-state index in [0.29, 0.717) is 0 Å². The normalized spacial score (nSPS) is 15.1. The summed E-state index contributed by atoms with van der Waals surface area (Å²) in [5, 5.41) is 3.42. The Morgan fingerprint density at radius 3 is 2.50 bits per heavy atom. The molecule has 8 heteroatoms. The summed E-state index contributed by atoms with van der Waals surface area (Å²) in [5.74, 6) is 0.779. The molecule has 0 aliphatic carbocycles. The molecule has 152 valence electrons. The fourth-order valence-electron chi connectivity index (χ4n) is 3.36. The van der Waals surface area contributed by atoms with Crippen molar-refractivity contribution in [3.8, 4) is 0 Å². The number of aromatic nitrogens is 2. The van der Waals surface area contributed by atoms with Crippen LogP contribution < -0.4 is 5.32 Å². The fourth-order valence-corrected chi connectivity index (χ4v) is 3.36. The molecule has 0 atom stereocenters. The van der Waals surface area contributed by atoms with Crippen LogP contribution in [0.25, 0.3) is 0 Å². The minimum absolute atomic E-state index is 0. The van der Waals surface area contributed by atoms with Gasteiger partial charge in [-0.1, -0.05) is 24.3 Å². The van der Waals surface area contributed by atoms with Gasteiger partial charge in [-0.2, -0.15) is 0 Å². The predicted molar refractivity (Wildman–Crippen MR) is 120 cm³/mol. The van der Waals surface area contributed by atoms with E-state index in [-0.39, 0.29) is 35.9 Å². The first-order valence-corrected chi connectivity index (χ1v) is 9.26. The van der Waals surface area contributed by atoms with E-state index in [1.54, 1.807) is 13.2 Å². The molecule has 0 unspecified atom stereocenters. The molecular weight excluding hydrogens is 469 g/mol. The fraction of sp³-hybridized carbons (Fsp3) is 0.450. The molecule has 1 aliphatic rings. The third-order valence-electron chi connectivity index (χ3n) is 4.94. The number of nitrogens with zero attached hydrogens (tertiary/aromatic N) is 4. The minimum atomic E-state index is -0.103. The van der Waals surface area contributed by atoms with Gasteiger partial charge in [0.05, 0.1) is 19.4 Å². The zero-order chi connectivity index (χ0) is 19.1. The smallest absolute Gasteiger partial charge is 0.308 e. The van der Waals surface area contributed by atoms with Gasteiger partial charge in [0.15, 0.2) is 5.96 Å². The van der Waals surface area contributed by atoms with E-state index >= 15 is 0 Å². The number of aliphatic imine (C=N–C) groups is 1. The van der Waals surface area contributed by atoms with E-state index in [1.807, 2.05) is 17.1 Å². The number of esters is 1. The number of imidazole rings is 1. The van der Waals surface area contributed by atoms with Crippen LogP contribution in [0.5, 0.6) is 0 Å². The Bertz CT molecular complexity index is 753. The molecule has 1 saturated heterocycles. The van der Waals surface area contributed by atoms with Crippen LogP contribution in [0.3, 0.4) is 0 Å². The Morgan fingerprint density at radius 1 is 1.25 bits per heavy atom. The maximum absolute atomic E-state index is 11.7. The second-order valence-electron chi connectivity index (χ2n) is 6.74. The minimum Gasteiger partial charge on any atom is -0.469 e. The van der Waals surface area contributed by atoms with Crippen LogP contribution in [-0.4, -0.2) is 53.6 Å². The van der Waals surface area contributed by atoms with Crippen LogP contribution in [0, 0.1) is 5.92 Å². The second kappa shape index (κ2) is 11.0. The molecule has 0 amide bonds. The van der Waals surface area contributed by atoms with E-state index in [2.05, 4.69) is 44.5 Å². The van der Waals surface area contributed by atoms with Crippen molar-refractivity contribution in [3.05, 3.63) is 54.1 Å². The van der Waals surface area contributed by atoms with Crippen molar-refractivity contribution in [2.24, 2.45) is 10.9 Å². The average molecular weight is 497 g/mol. The van der Waals surface area contributed by atoms with Crippen LogP contribution in [0.2, 0.25) is 0 Å². The Hall–Kier alpha value is -2.10. The number of likely N-dealkylation sites (tertiary alicyclic amines) is 1. The highest BCUT2D eigenvalue weighted by molar-refractivity contribution is 14.0. The highest BCUT2D eigenvalue weighted by atomic mass is 127. The molecule has 0 saturated carbocycles. The van der Waals surface area contributed by atoms with Crippen molar-refractivity contribution in [2.75, 3.05) is 27.2 Å². The van der Waals surface area contributed by atoms with Crippen molar-refractivity contribution in [1.82, 2.24) is 19.8 Å². The van der Waals surface area contributed by atoms with Crippen molar-refractivity contribution in [2.45, 2.75) is 25.9 Å². The van der Waals surface area contributed by atoms with E-state index in [4.69, 9.17) is 4.74 Å². The molecule has 28 heavy (non-hydrogen) atoms. The largest absolute Gasteiger partial charge is 0.469 e. The molecular formula is C20H28IN5O2. The molecule has 1 N–H and O–H groups in total. The lowest BCUT2D eigenvalue weighted by Crippen LogP contribution is -2.46. The molecule has 3 rings (SSSR count). The van der Waals surface area contributed by atoms with E-state index < -0.39 is 0 Å². The lowest BCUT2D eigenvalue weighted by Gasteiger charge is -2.33. The number of carbonyl (C=O) groups is 1. The van der Waals surface area contributed by atoms with Crippen LogP contribution in [0.1, 0.15) is 24.0 Å². The quantitative estimate of drug-likeness (QED) is 0.298. The first kappa shape index (κ1) is 22.2. The van der Waals surface area contributed by atoms with Gasteiger partial charge in [-0.05, 0) is 24.0 Å². The molecule has 1 fully saturated rings. The molecule has 0 radical (unpaired) electrons. The Labute approximate surface area is 183 Å². The zero-order valence-corrected chi connectivity index (χ0v) is 18.7. The van der Waals surface area contributed by atoms with Gasteiger partial charge in [0.25, 0.3) is 0 Å². The number of benzene rings is 1. The molecule has 1 aromatic carbocycles. The number of piperidine rings is 1. The number of hydrogen-bond donors (Lipinski definition) is 1. The van der Waals surface area contributed by atoms with E-state index in [9.17, 15) is 4.79 Å². The SMILES string of the molecule is CN=C(NCc1ccc(Cn2ccnc2)cc1)N1CCC(C(=O)OC)CC1.I. The maximum Gasteiger partial charge on any atom is 0.308 e.